The average molecular weight is 330 g/mol. The topological polar surface area (TPSA) is 67.4 Å². The highest BCUT2D eigenvalue weighted by atomic mass is 16.5. The van der Waals surface area contributed by atoms with Crippen molar-refractivity contribution in [2.24, 2.45) is 5.92 Å². The second-order valence-electron chi connectivity index (χ2n) is 6.92. The molecule has 1 saturated carbocycles. The second kappa shape index (κ2) is 7.24. The number of carbonyl (C=O) groups excluding carboxylic acids is 2. The number of amides is 2. The third-order valence-electron chi connectivity index (χ3n) is 5.09. The maximum absolute atomic E-state index is 12.2. The van der Waals surface area contributed by atoms with Crippen LogP contribution in [0.25, 0.3) is 0 Å². The van der Waals surface area contributed by atoms with Gasteiger partial charge in [0.05, 0.1) is 0 Å². The average Bonchev–Trinajstić information content (AvgIpc) is 3.21. The first kappa shape index (κ1) is 16.8. The van der Waals surface area contributed by atoms with Gasteiger partial charge in [0.25, 0.3) is 5.91 Å². The quantitative estimate of drug-likeness (QED) is 0.812. The molecule has 1 heterocycles. The molecule has 1 fully saturated rings. The minimum absolute atomic E-state index is 0.114. The number of fused-ring (bicyclic) bond motifs is 1. The van der Waals surface area contributed by atoms with Crippen LogP contribution in [0.2, 0.25) is 0 Å². The molecule has 1 aliphatic heterocycles. The monoisotopic (exact) mass is 330 g/mol. The van der Waals surface area contributed by atoms with Gasteiger partial charge in [-0.25, -0.2) is 0 Å². The molecule has 0 saturated heterocycles. The lowest BCUT2D eigenvalue weighted by Gasteiger charge is -2.13. The van der Waals surface area contributed by atoms with Crippen LogP contribution < -0.4 is 15.4 Å². The van der Waals surface area contributed by atoms with E-state index in [1.54, 1.807) is 0 Å². The molecular formula is C19H26N2O3. The van der Waals surface area contributed by atoms with E-state index < -0.39 is 6.10 Å². The van der Waals surface area contributed by atoms with Crippen molar-refractivity contribution in [3.8, 4) is 5.75 Å². The highest BCUT2D eigenvalue weighted by Crippen LogP contribution is 2.31. The van der Waals surface area contributed by atoms with E-state index in [4.69, 9.17) is 4.74 Å². The van der Waals surface area contributed by atoms with Crippen molar-refractivity contribution in [3.63, 3.8) is 0 Å². The van der Waals surface area contributed by atoms with Gasteiger partial charge in [-0.3, -0.25) is 9.59 Å². The van der Waals surface area contributed by atoms with Crippen molar-refractivity contribution in [3.05, 3.63) is 28.8 Å². The summed E-state index contributed by atoms with van der Waals surface area (Å²) in [4.78, 5) is 24.1. The molecule has 1 aromatic carbocycles. The lowest BCUT2D eigenvalue weighted by Crippen LogP contribution is -2.42. The summed E-state index contributed by atoms with van der Waals surface area (Å²) in [5, 5.41) is 5.76. The van der Waals surface area contributed by atoms with Crippen molar-refractivity contribution < 1.29 is 14.3 Å². The van der Waals surface area contributed by atoms with Crippen molar-refractivity contribution in [2.75, 3.05) is 13.1 Å². The first-order valence-electron chi connectivity index (χ1n) is 8.87. The van der Waals surface area contributed by atoms with Crippen LogP contribution in [-0.2, 0) is 16.0 Å². The molecule has 2 N–H and O–H groups in total. The first-order valence-corrected chi connectivity index (χ1v) is 8.87. The molecular weight excluding hydrogens is 304 g/mol. The Labute approximate surface area is 143 Å². The van der Waals surface area contributed by atoms with Crippen molar-refractivity contribution in [1.29, 1.82) is 0 Å². The lowest BCUT2D eigenvalue weighted by atomic mass is 10.0. The van der Waals surface area contributed by atoms with E-state index >= 15 is 0 Å². The molecule has 1 aromatic rings. The molecule has 130 valence electrons. The standard InChI is InChI=1S/C19H26N2O3/c1-12-9-15-11-17(24-16(15)10-13(12)2)19(23)21-8-7-20-18(22)14-5-3-4-6-14/h9-10,14,17H,3-8,11H2,1-2H3,(H,20,22)(H,21,23)/t17-/m0/s1. The number of nitrogens with one attached hydrogen (secondary N) is 2. The number of ether oxygens (including phenoxy) is 1. The van der Waals surface area contributed by atoms with Gasteiger partial charge < -0.3 is 15.4 Å². The molecule has 0 spiro atoms. The zero-order chi connectivity index (χ0) is 17.1. The fourth-order valence-electron chi connectivity index (χ4n) is 3.48. The molecule has 24 heavy (non-hydrogen) atoms. The van der Waals surface area contributed by atoms with Gasteiger partial charge >= 0.3 is 0 Å². The molecule has 0 bridgehead atoms. The van der Waals surface area contributed by atoms with Gasteiger partial charge in [-0.1, -0.05) is 18.9 Å². The van der Waals surface area contributed by atoms with Gasteiger partial charge in [-0.15, -0.1) is 0 Å². The Morgan fingerprint density at radius 2 is 1.67 bits per heavy atom. The summed E-state index contributed by atoms with van der Waals surface area (Å²) in [6.45, 7) is 5.01. The predicted octanol–water partition coefficient (Wildman–Crippen LogP) is 2.03. The molecule has 0 unspecified atom stereocenters. The Kier molecular flexibility index (Phi) is 5.07. The van der Waals surface area contributed by atoms with Crippen molar-refractivity contribution >= 4 is 11.8 Å². The Morgan fingerprint density at radius 3 is 2.38 bits per heavy atom. The van der Waals surface area contributed by atoms with Crippen LogP contribution in [0.4, 0.5) is 0 Å². The van der Waals surface area contributed by atoms with Gasteiger partial charge in [0.15, 0.2) is 6.10 Å². The number of hydrogen-bond donors (Lipinski definition) is 2. The fourth-order valence-corrected chi connectivity index (χ4v) is 3.48. The van der Waals surface area contributed by atoms with E-state index in [0.29, 0.717) is 19.5 Å². The number of aryl methyl sites for hydroxylation is 2. The number of hydrogen-bond acceptors (Lipinski definition) is 3. The summed E-state index contributed by atoms with van der Waals surface area (Å²) in [7, 11) is 0. The van der Waals surface area contributed by atoms with Crippen molar-refractivity contribution in [2.45, 2.75) is 52.1 Å². The normalized spacial score (nSPS) is 19.7. The smallest absolute Gasteiger partial charge is 0.261 e. The molecule has 5 heteroatoms. The van der Waals surface area contributed by atoms with Crippen LogP contribution in [0, 0.1) is 19.8 Å². The molecule has 2 aliphatic rings. The fraction of sp³-hybridized carbons (Fsp3) is 0.579. The third-order valence-corrected chi connectivity index (χ3v) is 5.09. The summed E-state index contributed by atoms with van der Waals surface area (Å²) < 4.78 is 5.76. The first-order chi connectivity index (χ1) is 11.5. The second-order valence-corrected chi connectivity index (χ2v) is 6.92. The third kappa shape index (κ3) is 3.71. The number of rotatable bonds is 5. The minimum atomic E-state index is -0.466. The molecule has 0 radical (unpaired) electrons. The summed E-state index contributed by atoms with van der Waals surface area (Å²) in [6.07, 6.45) is 4.42. The van der Waals surface area contributed by atoms with Gasteiger partial charge in [0, 0.05) is 25.4 Å². The Balaban J connectivity index is 1.41. The van der Waals surface area contributed by atoms with E-state index in [2.05, 4.69) is 23.6 Å². The van der Waals surface area contributed by atoms with Gasteiger partial charge in [0.2, 0.25) is 5.91 Å². The molecule has 1 aliphatic carbocycles. The molecule has 0 aromatic heterocycles. The van der Waals surface area contributed by atoms with Gasteiger partial charge in [-0.05, 0) is 49.4 Å². The zero-order valence-corrected chi connectivity index (χ0v) is 14.5. The Hall–Kier alpha value is -2.04. The maximum atomic E-state index is 12.2. The zero-order valence-electron chi connectivity index (χ0n) is 14.5. The number of benzene rings is 1. The van der Waals surface area contributed by atoms with Crippen LogP contribution in [-0.4, -0.2) is 31.0 Å². The van der Waals surface area contributed by atoms with E-state index in [-0.39, 0.29) is 17.7 Å². The van der Waals surface area contributed by atoms with Gasteiger partial charge in [-0.2, -0.15) is 0 Å². The summed E-state index contributed by atoms with van der Waals surface area (Å²) in [5.41, 5.74) is 3.48. The lowest BCUT2D eigenvalue weighted by molar-refractivity contribution is -0.128. The van der Waals surface area contributed by atoms with E-state index in [0.717, 1.165) is 37.0 Å². The Bertz CT molecular complexity index is 605. The number of carbonyl (C=O) groups is 2. The van der Waals surface area contributed by atoms with E-state index in [1.807, 2.05) is 13.0 Å². The molecule has 3 rings (SSSR count). The van der Waals surface area contributed by atoms with Crippen LogP contribution >= 0.6 is 0 Å². The summed E-state index contributed by atoms with van der Waals surface area (Å²) in [5.74, 6) is 0.987. The highest BCUT2D eigenvalue weighted by Gasteiger charge is 2.29. The van der Waals surface area contributed by atoms with Crippen LogP contribution in [0.15, 0.2) is 12.1 Å². The summed E-state index contributed by atoms with van der Waals surface area (Å²) in [6, 6.07) is 4.10. The maximum Gasteiger partial charge on any atom is 0.261 e. The van der Waals surface area contributed by atoms with E-state index in [9.17, 15) is 9.59 Å². The van der Waals surface area contributed by atoms with Crippen LogP contribution in [0.1, 0.15) is 42.4 Å². The van der Waals surface area contributed by atoms with Crippen LogP contribution in [0.3, 0.4) is 0 Å². The molecule has 5 nitrogen and oxygen atoms in total. The SMILES string of the molecule is Cc1cc2c(cc1C)O[C@H](C(=O)NCCNC(=O)C1CCCC1)C2. The molecule has 1 atom stereocenters. The largest absolute Gasteiger partial charge is 0.480 e. The van der Waals surface area contributed by atoms with Crippen LogP contribution in [0.5, 0.6) is 5.75 Å². The Morgan fingerprint density at radius 1 is 1.04 bits per heavy atom. The summed E-state index contributed by atoms with van der Waals surface area (Å²) >= 11 is 0. The molecule has 2 amide bonds. The van der Waals surface area contributed by atoms with Gasteiger partial charge in [0.1, 0.15) is 5.75 Å². The highest BCUT2D eigenvalue weighted by molar-refractivity contribution is 5.83. The van der Waals surface area contributed by atoms with E-state index in [1.165, 1.54) is 11.1 Å². The predicted molar refractivity (Wildman–Crippen MR) is 92.0 cm³/mol. The van der Waals surface area contributed by atoms with Crippen molar-refractivity contribution in [1.82, 2.24) is 10.6 Å². The minimum Gasteiger partial charge on any atom is -0.480 e.